The van der Waals surface area contributed by atoms with Crippen molar-refractivity contribution in [2.24, 2.45) is 5.92 Å². The van der Waals surface area contributed by atoms with E-state index in [1.54, 1.807) is 7.11 Å². The number of hydrogen-bond acceptors (Lipinski definition) is 3. The van der Waals surface area contributed by atoms with Gasteiger partial charge in [-0.25, -0.2) is 0 Å². The topological polar surface area (TPSA) is 50.4 Å². The fraction of sp³-hybridized carbons (Fsp3) is 0.316. The molecular weight excluding hydrogens is 324 g/mol. The summed E-state index contributed by atoms with van der Waals surface area (Å²) in [6, 6.07) is 13.2. The van der Waals surface area contributed by atoms with Crippen LogP contribution in [0, 0.1) is 12.8 Å². The van der Waals surface area contributed by atoms with Crippen molar-refractivity contribution >= 4 is 17.5 Å². The van der Waals surface area contributed by atoms with Crippen molar-refractivity contribution in [1.82, 2.24) is 10.6 Å². The maximum Gasteiger partial charge on any atom is 0.226 e. The van der Waals surface area contributed by atoms with E-state index in [9.17, 15) is 4.79 Å². The lowest BCUT2D eigenvalue weighted by Gasteiger charge is -2.30. The van der Waals surface area contributed by atoms with E-state index in [1.165, 1.54) is 0 Å². The molecule has 1 amide bonds. The number of benzene rings is 2. The van der Waals surface area contributed by atoms with Gasteiger partial charge in [0, 0.05) is 18.1 Å². The Hall–Kier alpha value is -2.04. The van der Waals surface area contributed by atoms with Crippen LogP contribution in [0.2, 0.25) is 5.02 Å². The van der Waals surface area contributed by atoms with Gasteiger partial charge in [0.15, 0.2) is 0 Å². The molecule has 1 unspecified atom stereocenters. The number of hydrogen-bond donors (Lipinski definition) is 2. The zero-order valence-corrected chi connectivity index (χ0v) is 14.6. The Balaban J connectivity index is 1.98. The van der Waals surface area contributed by atoms with Gasteiger partial charge >= 0.3 is 0 Å². The van der Waals surface area contributed by atoms with Gasteiger partial charge in [-0.3, -0.25) is 4.79 Å². The number of rotatable bonds is 5. The first kappa shape index (κ1) is 16.8. The lowest BCUT2D eigenvalue weighted by atomic mass is 9.93. The summed E-state index contributed by atoms with van der Waals surface area (Å²) >= 11 is 6.40. The Labute approximate surface area is 147 Å². The minimum atomic E-state index is -0.280. The molecule has 0 aliphatic carbocycles. The zero-order chi connectivity index (χ0) is 17.1. The molecular formula is C19H21ClN2O2. The Morgan fingerprint density at radius 1 is 1.25 bits per heavy atom. The first-order chi connectivity index (χ1) is 11.6. The molecule has 0 radical (unpaired) electrons. The van der Waals surface area contributed by atoms with Crippen molar-refractivity contribution < 1.29 is 9.53 Å². The van der Waals surface area contributed by atoms with E-state index in [4.69, 9.17) is 16.3 Å². The van der Waals surface area contributed by atoms with Crippen molar-refractivity contribution in [3.05, 3.63) is 64.2 Å². The molecule has 1 aliphatic heterocycles. The van der Waals surface area contributed by atoms with Crippen LogP contribution in [-0.4, -0.2) is 26.1 Å². The summed E-state index contributed by atoms with van der Waals surface area (Å²) in [4.78, 5) is 12.5. The molecule has 2 N–H and O–H groups in total. The molecule has 2 aromatic rings. The van der Waals surface area contributed by atoms with Gasteiger partial charge in [0.1, 0.15) is 5.75 Å². The molecule has 1 heterocycles. The largest absolute Gasteiger partial charge is 0.497 e. The summed E-state index contributed by atoms with van der Waals surface area (Å²) < 4.78 is 5.28. The van der Waals surface area contributed by atoms with Crippen LogP contribution in [0.1, 0.15) is 22.7 Å². The van der Waals surface area contributed by atoms with Gasteiger partial charge in [-0.15, -0.1) is 0 Å². The number of methoxy groups -OCH3 is 1. The SMILES string of the molecule is COc1ccc(C(NC(=O)C2CNC2)c2ccccc2Cl)c(C)c1. The molecule has 5 heteroatoms. The van der Waals surface area contributed by atoms with Gasteiger partial charge in [0.2, 0.25) is 5.91 Å². The van der Waals surface area contributed by atoms with Gasteiger partial charge in [-0.05, 0) is 41.8 Å². The summed E-state index contributed by atoms with van der Waals surface area (Å²) in [5, 5.41) is 6.94. The monoisotopic (exact) mass is 344 g/mol. The van der Waals surface area contributed by atoms with Crippen molar-refractivity contribution in [3.8, 4) is 5.75 Å². The summed E-state index contributed by atoms with van der Waals surface area (Å²) in [5.41, 5.74) is 2.96. The van der Waals surface area contributed by atoms with E-state index in [0.717, 1.165) is 35.5 Å². The Kier molecular flexibility index (Phi) is 5.07. The quantitative estimate of drug-likeness (QED) is 0.876. The summed E-state index contributed by atoms with van der Waals surface area (Å²) in [6.45, 7) is 3.46. The third-order valence-corrected chi connectivity index (χ3v) is 4.79. The predicted molar refractivity (Wildman–Crippen MR) is 95.5 cm³/mol. The van der Waals surface area contributed by atoms with Gasteiger partial charge in [0.25, 0.3) is 0 Å². The first-order valence-electron chi connectivity index (χ1n) is 8.00. The van der Waals surface area contributed by atoms with Crippen LogP contribution in [0.15, 0.2) is 42.5 Å². The van der Waals surface area contributed by atoms with Gasteiger partial charge in [-0.2, -0.15) is 0 Å². The number of amides is 1. The molecule has 1 saturated heterocycles. The number of ether oxygens (including phenoxy) is 1. The van der Waals surface area contributed by atoms with E-state index < -0.39 is 0 Å². The van der Waals surface area contributed by atoms with Crippen LogP contribution < -0.4 is 15.4 Å². The van der Waals surface area contributed by atoms with Crippen LogP contribution >= 0.6 is 11.6 Å². The zero-order valence-electron chi connectivity index (χ0n) is 13.8. The highest BCUT2D eigenvalue weighted by Crippen LogP contribution is 2.32. The second-order valence-corrected chi connectivity index (χ2v) is 6.45. The lowest BCUT2D eigenvalue weighted by molar-refractivity contribution is -0.126. The average Bonchev–Trinajstić information content (AvgIpc) is 2.52. The van der Waals surface area contributed by atoms with Crippen molar-refractivity contribution in [3.63, 3.8) is 0 Å². The molecule has 1 fully saturated rings. The van der Waals surface area contributed by atoms with Crippen LogP contribution in [0.5, 0.6) is 5.75 Å². The minimum absolute atomic E-state index is 0.0218. The highest BCUT2D eigenvalue weighted by Gasteiger charge is 2.29. The molecule has 3 rings (SSSR count). The minimum Gasteiger partial charge on any atom is -0.497 e. The number of carbonyl (C=O) groups excluding carboxylic acids is 1. The highest BCUT2D eigenvalue weighted by atomic mass is 35.5. The Morgan fingerprint density at radius 2 is 2.00 bits per heavy atom. The molecule has 0 spiro atoms. The highest BCUT2D eigenvalue weighted by molar-refractivity contribution is 6.31. The third kappa shape index (κ3) is 3.40. The third-order valence-electron chi connectivity index (χ3n) is 4.44. The number of carbonyl (C=O) groups is 1. The first-order valence-corrected chi connectivity index (χ1v) is 8.38. The van der Waals surface area contributed by atoms with Crippen molar-refractivity contribution in [2.75, 3.05) is 20.2 Å². The summed E-state index contributed by atoms with van der Waals surface area (Å²) in [6.07, 6.45) is 0. The molecule has 1 atom stereocenters. The van der Waals surface area contributed by atoms with E-state index in [0.29, 0.717) is 5.02 Å². The van der Waals surface area contributed by atoms with Gasteiger partial charge in [-0.1, -0.05) is 35.9 Å². The molecule has 1 aliphatic rings. The van der Waals surface area contributed by atoms with Crippen LogP contribution in [0.3, 0.4) is 0 Å². The molecule has 0 saturated carbocycles. The maximum absolute atomic E-state index is 12.5. The van der Waals surface area contributed by atoms with Crippen LogP contribution in [0.4, 0.5) is 0 Å². The van der Waals surface area contributed by atoms with Crippen molar-refractivity contribution in [2.45, 2.75) is 13.0 Å². The van der Waals surface area contributed by atoms with Gasteiger partial charge in [0.05, 0.1) is 19.1 Å². The number of nitrogens with one attached hydrogen (secondary N) is 2. The average molecular weight is 345 g/mol. The fourth-order valence-electron chi connectivity index (χ4n) is 2.87. The Morgan fingerprint density at radius 3 is 2.58 bits per heavy atom. The number of halogens is 1. The van der Waals surface area contributed by atoms with E-state index in [2.05, 4.69) is 10.6 Å². The normalized spacial score (nSPS) is 15.5. The van der Waals surface area contributed by atoms with Crippen LogP contribution in [-0.2, 0) is 4.79 Å². The molecule has 4 nitrogen and oxygen atoms in total. The molecule has 2 aromatic carbocycles. The van der Waals surface area contributed by atoms with E-state index in [1.807, 2.05) is 49.4 Å². The van der Waals surface area contributed by atoms with E-state index >= 15 is 0 Å². The molecule has 126 valence electrons. The van der Waals surface area contributed by atoms with Crippen molar-refractivity contribution in [1.29, 1.82) is 0 Å². The summed E-state index contributed by atoms with van der Waals surface area (Å²) in [7, 11) is 1.64. The lowest BCUT2D eigenvalue weighted by Crippen LogP contribution is -2.51. The number of aryl methyl sites for hydroxylation is 1. The second-order valence-electron chi connectivity index (χ2n) is 6.04. The fourth-order valence-corrected chi connectivity index (χ4v) is 3.11. The van der Waals surface area contributed by atoms with E-state index in [-0.39, 0.29) is 17.9 Å². The van der Waals surface area contributed by atoms with Gasteiger partial charge < -0.3 is 15.4 Å². The predicted octanol–water partition coefficient (Wildman–Crippen LogP) is 3.08. The Bertz CT molecular complexity index is 744. The summed E-state index contributed by atoms with van der Waals surface area (Å²) in [5.74, 6) is 0.867. The maximum atomic E-state index is 12.5. The molecule has 0 bridgehead atoms. The second kappa shape index (κ2) is 7.24. The van der Waals surface area contributed by atoms with Crippen LogP contribution in [0.25, 0.3) is 0 Å². The standard InChI is InChI=1S/C19H21ClN2O2/c1-12-9-14(24-2)7-8-15(12)18(16-5-3-4-6-17(16)20)22-19(23)13-10-21-11-13/h3-9,13,18,21H,10-11H2,1-2H3,(H,22,23). The molecule has 0 aromatic heterocycles. The smallest absolute Gasteiger partial charge is 0.226 e. The molecule has 24 heavy (non-hydrogen) atoms.